The summed E-state index contributed by atoms with van der Waals surface area (Å²) >= 11 is 0. The molecule has 2 N–H and O–H groups in total. The molecule has 106 valence electrons. The molecule has 0 saturated heterocycles. The van der Waals surface area contributed by atoms with Crippen LogP contribution in [0.5, 0.6) is 5.75 Å². The average Bonchev–Trinajstić information content (AvgIpc) is 2.92. The summed E-state index contributed by atoms with van der Waals surface area (Å²) in [6.07, 6.45) is 3.69. The van der Waals surface area contributed by atoms with E-state index in [1.165, 1.54) is 0 Å². The Morgan fingerprint density at radius 2 is 2.30 bits per heavy atom. The first-order valence-corrected chi connectivity index (χ1v) is 6.52. The summed E-state index contributed by atoms with van der Waals surface area (Å²) in [5.41, 5.74) is 1.99. The van der Waals surface area contributed by atoms with Gasteiger partial charge in [-0.05, 0) is 19.9 Å². The standard InChI is InChI=1S/C15H19N3O2/c1-10-4-5-13(20-3)12(8-10)9-14(19)18-11(2)15-16-6-7-17-15/h4-8,11H,9H2,1-3H3,(H,16,17)(H,18,19). The van der Waals surface area contributed by atoms with Crippen LogP contribution in [0, 0.1) is 6.92 Å². The number of aryl methyl sites for hydroxylation is 1. The van der Waals surface area contributed by atoms with Crippen LogP contribution < -0.4 is 10.1 Å². The number of methoxy groups -OCH3 is 1. The minimum Gasteiger partial charge on any atom is -0.496 e. The lowest BCUT2D eigenvalue weighted by Crippen LogP contribution is -2.28. The molecular weight excluding hydrogens is 254 g/mol. The van der Waals surface area contributed by atoms with Crippen molar-refractivity contribution in [3.63, 3.8) is 0 Å². The smallest absolute Gasteiger partial charge is 0.225 e. The molecule has 0 radical (unpaired) electrons. The van der Waals surface area contributed by atoms with Gasteiger partial charge in [0.15, 0.2) is 0 Å². The molecule has 0 bridgehead atoms. The number of benzene rings is 1. The van der Waals surface area contributed by atoms with Crippen LogP contribution in [0.3, 0.4) is 0 Å². The van der Waals surface area contributed by atoms with Crippen molar-refractivity contribution in [3.8, 4) is 5.75 Å². The Kier molecular flexibility index (Phi) is 4.40. The maximum atomic E-state index is 12.1. The van der Waals surface area contributed by atoms with Crippen molar-refractivity contribution in [1.29, 1.82) is 0 Å². The minimum atomic E-state index is -0.145. The number of rotatable bonds is 5. The lowest BCUT2D eigenvalue weighted by Gasteiger charge is -2.13. The highest BCUT2D eigenvalue weighted by molar-refractivity contribution is 5.79. The van der Waals surface area contributed by atoms with E-state index in [4.69, 9.17) is 4.74 Å². The van der Waals surface area contributed by atoms with Crippen molar-refractivity contribution in [2.45, 2.75) is 26.3 Å². The summed E-state index contributed by atoms with van der Waals surface area (Å²) < 4.78 is 5.28. The Balaban J connectivity index is 2.03. The molecule has 2 aromatic rings. The van der Waals surface area contributed by atoms with Crippen LogP contribution in [-0.4, -0.2) is 23.0 Å². The average molecular weight is 273 g/mol. The quantitative estimate of drug-likeness (QED) is 0.877. The highest BCUT2D eigenvalue weighted by Gasteiger charge is 2.13. The van der Waals surface area contributed by atoms with Crippen LogP contribution in [-0.2, 0) is 11.2 Å². The van der Waals surface area contributed by atoms with E-state index in [-0.39, 0.29) is 18.4 Å². The van der Waals surface area contributed by atoms with Crippen LogP contribution in [0.2, 0.25) is 0 Å². The van der Waals surface area contributed by atoms with Crippen LogP contribution in [0.1, 0.15) is 29.9 Å². The number of imidazole rings is 1. The van der Waals surface area contributed by atoms with Gasteiger partial charge >= 0.3 is 0 Å². The minimum absolute atomic E-state index is 0.0576. The fraction of sp³-hybridized carbons (Fsp3) is 0.333. The number of nitrogens with one attached hydrogen (secondary N) is 2. The molecule has 1 aromatic heterocycles. The third kappa shape index (κ3) is 3.38. The lowest BCUT2D eigenvalue weighted by molar-refractivity contribution is -0.121. The van der Waals surface area contributed by atoms with E-state index in [1.807, 2.05) is 32.0 Å². The molecule has 5 nitrogen and oxygen atoms in total. The van der Waals surface area contributed by atoms with Crippen molar-refractivity contribution in [2.24, 2.45) is 0 Å². The maximum absolute atomic E-state index is 12.1. The van der Waals surface area contributed by atoms with Crippen molar-refractivity contribution in [1.82, 2.24) is 15.3 Å². The van der Waals surface area contributed by atoms with E-state index >= 15 is 0 Å². The van der Waals surface area contributed by atoms with E-state index in [1.54, 1.807) is 19.5 Å². The predicted molar refractivity (Wildman–Crippen MR) is 76.6 cm³/mol. The molecule has 0 aliphatic rings. The summed E-state index contributed by atoms with van der Waals surface area (Å²) in [4.78, 5) is 19.2. The number of hydrogen-bond donors (Lipinski definition) is 2. The fourth-order valence-electron chi connectivity index (χ4n) is 2.09. The van der Waals surface area contributed by atoms with Crippen molar-refractivity contribution in [3.05, 3.63) is 47.5 Å². The van der Waals surface area contributed by atoms with E-state index < -0.39 is 0 Å². The van der Waals surface area contributed by atoms with Crippen molar-refractivity contribution >= 4 is 5.91 Å². The molecule has 0 saturated carbocycles. The van der Waals surface area contributed by atoms with Crippen LogP contribution in [0.25, 0.3) is 0 Å². The molecule has 0 aliphatic heterocycles. The van der Waals surface area contributed by atoms with Gasteiger partial charge in [-0.1, -0.05) is 17.7 Å². The summed E-state index contributed by atoms with van der Waals surface area (Å²) in [6.45, 7) is 3.89. The van der Waals surface area contributed by atoms with Crippen LogP contribution in [0.4, 0.5) is 0 Å². The highest BCUT2D eigenvalue weighted by atomic mass is 16.5. The second-order valence-electron chi connectivity index (χ2n) is 4.76. The number of hydrogen-bond acceptors (Lipinski definition) is 3. The van der Waals surface area contributed by atoms with Crippen LogP contribution in [0.15, 0.2) is 30.6 Å². The third-order valence-electron chi connectivity index (χ3n) is 3.09. The second kappa shape index (κ2) is 6.23. The van der Waals surface area contributed by atoms with Gasteiger partial charge in [-0.25, -0.2) is 4.98 Å². The monoisotopic (exact) mass is 273 g/mol. The number of carbonyl (C=O) groups is 1. The van der Waals surface area contributed by atoms with E-state index in [2.05, 4.69) is 15.3 Å². The first-order valence-electron chi connectivity index (χ1n) is 6.52. The molecule has 0 aliphatic carbocycles. The van der Waals surface area contributed by atoms with E-state index in [0.717, 1.165) is 22.7 Å². The largest absolute Gasteiger partial charge is 0.496 e. The van der Waals surface area contributed by atoms with Gasteiger partial charge < -0.3 is 15.0 Å². The molecule has 5 heteroatoms. The van der Waals surface area contributed by atoms with Crippen molar-refractivity contribution in [2.75, 3.05) is 7.11 Å². The Morgan fingerprint density at radius 3 is 2.95 bits per heavy atom. The molecule has 20 heavy (non-hydrogen) atoms. The lowest BCUT2D eigenvalue weighted by atomic mass is 10.1. The molecule has 1 aromatic carbocycles. The number of carbonyl (C=O) groups excluding carboxylic acids is 1. The Bertz CT molecular complexity index is 579. The highest BCUT2D eigenvalue weighted by Crippen LogP contribution is 2.20. The first kappa shape index (κ1) is 14.1. The fourth-order valence-corrected chi connectivity index (χ4v) is 2.09. The van der Waals surface area contributed by atoms with Gasteiger partial charge in [0, 0.05) is 18.0 Å². The van der Waals surface area contributed by atoms with Crippen LogP contribution >= 0.6 is 0 Å². The number of nitrogens with zero attached hydrogens (tertiary/aromatic N) is 1. The van der Waals surface area contributed by atoms with E-state index in [0.29, 0.717) is 0 Å². The Labute approximate surface area is 118 Å². The molecule has 0 spiro atoms. The van der Waals surface area contributed by atoms with Gasteiger partial charge in [-0.2, -0.15) is 0 Å². The topological polar surface area (TPSA) is 67.0 Å². The zero-order chi connectivity index (χ0) is 14.5. The molecule has 1 heterocycles. The zero-order valence-corrected chi connectivity index (χ0v) is 11.9. The van der Waals surface area contributed by atoms with Gasteiger partial charge in [-0.15, -0.1) is 0 Å². The van der Waals surface area contributed by atoms with Crippen molar-refractivity contribution < 1.29 is 9.53 Å². The van der Waals surface area contributed by atoms with E-state index in [9.17, 15) is 4.79 Å². The normalized spacial score (nSPS) is 11.9. The Hall–Kier alpha value is -2.30. The zero-order valence-electron chi connectivity index (χ0n) is 11.9. The predicted octanol–water partition coefficient (Wildman–Crippen LogP) is 2.15. The third-order valence-corrected chi connectivity index (χ3v) is 3.09. The maximum Gasteiger partial charge on any atom is 0.225 e. The summed E-state index contributed by atoms with van der Waals surface area (Å²) in [7, 11) is 1.61. The second-order valence-corrected chi connectivity index (χ2v) is 4.76. The number of amides is 1. The molecule has 1 amide bonds. The van der Waals surface area contributed by atoms with Gasteiger partial charge in [0.1, 0.15) is 11.6 Å². The molecule has 1 atom stereocenters. The number of aromatic amines is 1. The molecule has 2 rings (SSSR count). The molecular formula is C15H19N3O2. The van der Waals surface area contributed by atoms with Gasteiger partial charge in [0.05, 0.1) is 19.6 Å². The number of ether oxygens (including phenoxy) is 1. The summed E-state index contributed by atoms with van der Waals surface area (Å²) in [6, 6.07) is 5.67. The number of H-pyrrole nitrogens is 1. The number of aromatic nitrogens is 2. The Morgan fingerprint density at radius 1 is 1.50 bits per heavy atom. The van der Waals surface area contributed by atoms with Gasteiger partial charge in [0.25, 0.3) is 0 Å². The molecule has 1 unspecified atom stereocenters. The summed E-state index contributed by atoms with van der Waals surface area (Å²) in [5.74, 6) is 1.42. The molecule has 0 fully saturated rings. The first-order chi connectivity index (χ1) is 9.60. The SMILES string of the molecule is COc1ccc(C)cc1CC(=O)NC(C)c1ncc[nH]1. The van der Waals surface area contributed by atoms with Gasteiger partial charge in [-0.3, -0.25) is 4.79 Å². The summed E-state index contributed by atoms with van der Waals surface area (Å²) in [5, 5.41) is 2.91. The van der Waals surface area contributed by atoms with Gasteiger partial charge in [0.2, 0.25) is 5.91 Å².